The van der Waals surface area contributed by atoms with Gasteiger partial charge in [0, 0.05) is 44.3 Å². The van der Waals surface area contributed by atoms with Crippen molar-refractivity contribution >= 4 is 5.82 Å². The maximum atomic E-state index is 4.45. The quantitative estimate of drug-likeness (QED) is 0.856. The van der Waals surface area contributed by atoms with E-state index in [9.17, 15) is 0 Å². The molecule has 116 valence electrons. The lowest BCUT2D eigenvalue weighted by Gasteiger charge is -2.37. The van der Waals surface area contributed by atoms with Crippen LogP contribution < -0.4 is 4.90 Å². The molecule has 0 saturated carbocycles. The van der Waals surface area contributed by atoms with Gasteiger partial charge in [-0.2, -0.15) is 5.10 Å². The summed E-state index contributed by atoms with van der Waals surface area (Å²) in [5, 5.41) is 8.21. The Morgan fingerprint density at radius 3 is 2.95 bits per heavy atom. The van der Waals surface area contributed by atoms with E-state index >= 15 is 0 Å². The standard InChI is InChI=1S/C16H22N6/c1-13-9-18-14(10-17-13)11-21(2)15-5-4-8-22(12-15)16-6-3-7-19-20-16/h3,6-7,9-10,15H,4-5,8,11-12H2,1-2H3/t15-/m0/s1. The lowest BCUT2D eigenvalue weighted by molar-refractivity contribution is 0.205. The molecule has 0 spiro atoms. The van der Waals surface area contributed by atoms with Crippen molar-refractivity contribution in [2.75, 3.05) is 25.0 Å². The fraction of sp³-hybridized carbons (Fsp3) is 0.500. The molecule has 0 aromatic carbocycles. The number of hydrogen-bond donors (Lipinski definition) is 0. The zero-order chi connectivity index (χ0) is 15.4. The number of aryl methyl sites for hydroxylation is 1. The van der Waals surface area contributed by atoms with Gasteiger partial charge in [-0.3, -0.25) is 14.9 Å². The Morgan fingerprint density at radius 1 is 1.32 bits per heavy atom. The molecule has 3 rings (SSSR count). The van der Waals surface area contributed by atoms with E-state index in [-0.39, 0.29) is 0 Å². The van der Waals surface area contributed by atoms with Crippen LogP contribution in [0.2, 0.25) is 0 Å². The van der Waals surface area contributed by atoms with Gasteiger partial charge >= 0.3 is 0 Å². The molecule has 6 nitrogen and oxygen atoms in total. The second kappa shape index (κ2) is 6.79. The maximum absolute atomic E-state index is 4.45. The summed E-state index contributed by atoms with van der Waals surface area (Å²) in [4.78, 5) is 13.5. The number of nitrogens with zero attached hydrogens (tertiary/aromatic N) is 6. The highest BCUT2D eigenvalue weighted by atomic mass is 15.3. The molecule has 0 unspecified atom stereocenters. The molecule has 1 aliphatic heterocycles. The van der Waals surface area contributed by atoms with Crippen molar-refractivity contribution in [2.24, 2.45) is 0 Å². The third-order valence-electron chi connectivity index (χ3n) is 4.15. The molecule has 0 bridgehead atoms. The van der Waals surface area contributed by atoms with Gasteiger partial charge in [-0.25, -0.2) is 0 Å². The van der Waals surface area contributed by atoms with Crippen LogP contribution in [-0.2, 0) is 6.54 Å². The first kappa shape index (κ1) is 14.8. The summed E-state index contributed by atoms with van der Waals surface area (Å²) >= 11 is 0. The van der Waals surface area contributed by atoms with Crippen molar-refractivity contribution in [3.63, 3.8) is 0 Å². The number of likely N-dealkylation sites (N-methyl/N-ethyl adjacent to an activating group) is 1. The molecular weight excluding hydrogens is 276 g/mol. The highest BCUT2D eigenvalue weighted by Crippen LogP contribution is 2.20. The molecule has 0 radical (unpaired) electrons. The van der Waals surface area contributed by atoms with Gasteiger partial charge < -0.3 is 4.90 Å². The summed E-state index contributed by atoms with van der Waals surface area (Å²) < 4.78 is 0. The monoisotopic (exact) mass is 298 g/mol. The van der Waals surface area contributed by atoms with Crippen molar-refractivity contribution in [3.05, 3.63) is 42.1 Å². The molecular formula is C16H22N6. The predicted molar refractivity (Wildman–Crippen MR) is 85.5 cm³/mol. The van der Waals surface area contributed by atoms with E-state index in [4.69, 9.17) is 0 Å². The number of piperidine rings is 1. The average molecular weight is 298 g/mol. The molecule has 2 aromatic heterocycles. The van der Waals surface area contributed by atoms with Crippen LogP contribution in [0.1, 0.15) is 24.2 Å². The van der Waals surface area contributed by atoms with Gasteiger partial charge in [0.2, 0.25) is 0 Å². The van der Waals surface area contributed by atoms with Crippen molar-refractivity contribution in [3.8, 4) is 0 Å². The number of anilines is 1. The Balaban J connectivity index is 1.62. The highest BCUT2D eigenvalue weighted by molar-refractivity contribution is 5.37. The van der Waals surface area contributed by atoms with Gasteiger partial charge in [-0.05, 0) is 38.9 Å². The summed E-state index contributed by atoms with van der Waals surface area (Å²) in [5.41, 5.74) is 1.97. The summed E-state index contributed by atoms with van der Waals surface area (Å²) in [6.45, 7) is 4.81. The molecule has 0 amide bonds. The Morgan fingerprint density at radius 2 is 2.23 bits per heavy atom. The van der Waals surface area contributed by atoms with Crippen molar-refractivity contribution < 1.29 is 0 Å². The lowest BCUT2D eigenvalue weighted by Crippen LogP contribution is -2.46. The second-order valence-corrected chi connectivity index (χ2v) is 5.89. The van der Waals surface area contributed by atoms with Crippen LogP contribution in [0.25, 0.3) is 0 Å². The number of aromatic nitrogens is 4. The molecule has 1 aliphatic rings. The highest BCUT2D eigenvalue weighted by Gasteiger charge is 2.24. The minimum atomic E-state index is 0.499. The van der Waals surface area contributed by atoms with Gasteiger partial charge in [0.25, 0.3) is 0 Å². The van der Waals surface area contributed by atoms with Gasteiger partial charge in [-0.1, -0.05) is 0 Å². The van der Waals surface area contributed by atoms with Crippen LogP contribution in [0.4, 0.5) is 5.82 Å². The van der Waals surface area contributed by atoms with Gasteiger partial charge in [0.05, 0.1) is 11.4 Å². The minimum Gasteiger partial charge on any atom is -0.354 e. The smallest absolute Gasteiger partial charge is 0.151 e. The van der Waals surface area contributed by atoms with E-state index in [2.05, 4.69) is 37.0 Å². The van der Waals surface area contributed by atoms with E-state index in [1.807, 2.05) is 31.5 Å². The molecule has 3 heterocycles. The normalized spacial score (nSPS) is 18.7. The lowest BCUT2D eigenvalue weighted by atomic mass is 10.0. The molecule has 1 atom stereocenters. The molecule has 2 aromatic rings. The zero-order valence-corrected chi connectivity index (χ0v) is 13.2. The number of rotatable bonds is 4. The SMILES string of the molecule is Cc1cnc(CN(C)[C@H]2CCCN(c3cccnn3)C2)cn1. The summed E-state index contributed by atoms with van der Waals surface area (Å²) in [6, 6.07) is 4.47. The minimum absolute atomic E-state index is 0.499. The van der Waals surface area contributed by atoms with Crippen LogP contribution in [0.15, 0.2) is 30.7 Å². The molecule has 1 fully saturated rings. The predicted octanol–water partition coefficient (Wildman–Crippen LogP) is 1.68. The third-order valence-corrected chi connectivity index (χ3v) is 4.15. The van der Waals surface area contributed by atoms with Crippen molar-refractivity contribution in [1.29, 1.82) is 0 Å². The Bertz CT molecular complexity index is 585. The van der Waals surface area contributed by atoms with Crippen LogP contribution in [-0.4, -0.2) is 51.2 Å². The Labute approximate surface area is 131 Å². The number of hydrogen-bond acceptors (Lipinski definition) is 6. The molecule has 1 saturated heterocycles. The van der Waals surface area contributed by atoms with E-state index in [0.29, 0.717) is 6.04 Å². The Kier molecular flexibility index (Phi) is 4.58. The van der Waals surface area contributed by atoms with E-state index in [1.165, 1.54) is 12.8 Å². The fourth-order valence-corrected chi connectivity index (χ4v) is 2.87. The topological polar surface area (TPSA) is 58.0 Å². The van der Waals surface area contributed by atoms with E-state index in [0.717, 1.165) is 36.8 Å². The molecule has 22 heavy (non-hydrogen) atoms. The Hall–Kier alpha value is -2.08. The first-order chi connectivity index (χ1) is 10.7. The largest absolute Gasteiger partial charge is 0.354 e. The molecule has 0 N–H and O–H groups in total. The first-order valence-electron chi connectivity index (χ1n) is 7.73. The summed E-state index contributed by atoms with van der Waals surface area (Å²) in [7, 11) is 2.16. The van der Waals surface area contributed by atoms with Crippen molar-refractivity contribution in [1.82, 2.24) is 25.1 Å². The van der Waals surface area contributed by atoms with Gasteiger partial charge in [-0.15, -0.1) is 5.10 Å². The average Bonchev–Trinajstić information content (AvgIpc) is 2.58. The van der Waals surface area contributed by atoms with Crippen molar-refractivity contribution in [2.45, 2.75) is 32.4 Å². The van der Waals surface area contributed by atoms with Crippen LogP contribution in [0, 0.1) is 6.92 Å². The second-order valence-electron chi connectivity index (χ2n) is 5.89. The summed E-state index contributed by atoms with van der Waals surface area (Å²) in [6.07, 6.45) is 7.79. The third kappa shape index (κ3) is 3.57. The molecule has 0 aliphatic carbocycles. The van der Waals surface area contributed by atoms with Crippen LogP contribution in [0.5, 0.6) is 0 Å². The molecule has 6 heteroatoms. The zero-order valence-electron chi connectivity index (χ0n) is 13.2. The fourth-order valence-electron chi connectivity index (χ4n) is 2.87. The van der Waals surface area contributed by atoms with E-state index in [1.54, 1.807) is 6.20 Å². The van der Waals surface area contributed by atoms with E-state index < -0.39 is 0 Å². The van der Waals surface area contributed by atoms with Gasteiger partial charge in [0.15, 0.2) is 5.82 Å². The summed E-state index contributed by atoms with van der Waals surface area (Å²) in [5.74, 6) is 0.968. The van der Waals surface area contributed by atoms with Crippen LogP contribution >= 0.6 is 0 Å². The first-order valence-corrected chi connectivity index (χ1v) is 7.73. The van der Waals surface area contributed by atoms with Gasteiger partial charge in [0.1, 0.15) is 0 Å². The maximum Gasteiger partial charge on any atom is 0.151 e. The van der Waals surface area contributed by atoms with Crippen LogP contribution in [0.3, 0.4) is 0 Å².